The van der Waals surface area contributed by atoms with E-state index in [1.807, 2.05) is 12.1 Å². The summed E-state index contributed by atoms with van der Waals surface area (Å²) < 4.78 is 7.65. The van der Waals surface area contributed by atoms with Crippen LogP contribution in [-0.2, 0) is 13.0 Å². The highest BCUT2D eigenvalue weighted by molar-refractivity contribution is 5.32. The number of benzene rings is 1. The molecule has 0 radical (unpaired) electrons. The second-order valence-corrected chi connectivity index (χ2v) is 5.69. The molecule has 3 rings (SSSR count). The average molecular weight is 269 g/mol. The maximum absolute atomic E-state index is 5.22. The van der Waals surface area contributed by atoms with Crippen molar-refractivity contribution in [1.29, 1.82) is 0 Å². The topological polar surface area (TPSA) is 14.2 Å². The molecule has 1 atom stereocenters. The van der Waals surface area contributed by atoms with Crippen molar-refractivity contribution in [2.45, 2.75) is 45.1 Å². The van der Waals surface area contributed by atoms with Gasteiger partial charge >= 0.3 is 0 Å². The highest BCUT2D eigenvalue weighted by atomic mass is 16.5. The van der Waals surface area contributed by atoms with Crippen molar-refractivity contribution >= 4 is 0 Å². The molecule has 0 amide bonds. The molecule has 1 aromatic heterocycles. The lowest BCUT2D eigenvalue weighted by molar-refractivity contribution is 0.414. The van der Waals surface area contributed by atoms with Crippen LogP contribution in [0, 0.1) is 0 Å². The second kappa shape index (κ2) is 5.74. The lowest BCUT2D eigenvalue weighted by Gasteiger charge is -2.23. The van der Waals surface area contributed by atoms with E-state index in [0.29, 0.717) is 0 Å². The predicted octanol–water partition coefficient (Wildman–Crippen LogP) is 4.37. The molecule has 0 aliphatic heterocycles. The molecule has 2 heteroatoms. The lowest BCUT2D eigenvalue weighted by atomic mass is 9.85. The van der Waals surface area contributed by atoms with Gasteiger partial charge in [0.1, 0.15) is 5.75 Å². The van der Waals surface area contributed by atoms with Gasteiger partial charge < -0.3 is 9.30 Å². The molecule has 1 aromatic carbocycles. The van der Waals surface area contributed by atoms with Crippen molar-refractivity contribution in [2.24, 2.45) is 0 Å². The predicted molar refractivity (Wildman–Crippen MR) is 82.5 cm³/mol. The fraction of sp³-hybridized carbons (Fsp3) is 0.444. The van der Waals surface area contributed by atoms with Crippen molar-refractivity contribution in [1.82, 2.24) is 4.57 Å². The summed E-state index contributed by atoms with van der Waals surface area (Å²) in [4.78, 5) is 0. The van der Waals surface area contributed by atoms with Crippen LogP contribution in [0.25, 0.3) is 0 Å². The van der Waals surface area contributed by atoms with Crippen LogP contribution in [0.2, 0.25) is 0 Å². The van der Waals surface area contributed by atoms with E-state index in [1.54, 1.807) is 18.4 Å². The van der Waals surface area contributed by atoms with Gasteiger partial charge in [0, 0.05) is 18.4 Å². The molecule has 0 spiro atoms. The molecule has 0 bridgehead atoms. The van der Waals surface area contributed by atoms with E-state index in [0.717, 1.165) is 18.2 Å². The van der Waals surface area contributed by atoms with Crippen molar-refractivity contribution < 1.29 is 4.74 Å². The molecule has 1 unspecified atom stereocenters. The smallest absolute Gasteiger partial charge is 0.118 e. The first-order valence-corrected chi connectivity index (χ1v) is 7.62. The maximum Gasteiger partial charge on any atom is 0.118 e. The summed E-state index contributed by atoms with van der Waals surface area (Å²) in [5.74, 6) is 1.70. The number of hydrogen-bond donors (Lipinski definition) is 0. The second-order valence-electron chi connectivity index (χ2n) is 5.69. The number of fused-ring (bicyclic) bond motifs is 1. The minimum Gasteiger partial charge on any atom is -0.497 e. The summed E-state index contributed by atoms with van der Waals surface area (Å²) in [5, 5.41) is 0. The number of ether oxygens (including phenoxy) is 1. The van der Waals surface area contributed by atoms with E-state index >= 15 is 0 Å². The Labute approximate surface area is 121 Å². The summed E-state index contributed by atoms with van der Waals surface area (Å²) in [6.45, 7) is 3.27. The van der Waals surface area contributed by atoms with E-state index in [1.165, 1.54) is 31.2 Å². The van der Waals surface area contributed by atoms with Crippen LogP contribution in [0.3, 0.4) is 0 Å². The highest BCUT2D eigenvalue weighted by Crippen LogP contribution is 2.34. The first-order chi connectivity index (χ1) is 9.81. The van der Waals surface area contributed by atoms with Crippen LogP contribution >= 0.6 is 0 Å². The van der Waals surface area contributed by atoms with Gasteiger partial charge in [-0.1, -0.05) is 19.1 Å². The van der Waals surface area contributed by atoms with Crippen molar-refractivity contribution in [3.05, 3.63) is 53.3 Å². The third-order valence-corrected chi connectivity index (χ3v) is 4.52. The largest absolute Gasteiger partial charge is 0.497 e. The van der Waals surface area contributed by atoms with Gasteiger partial charge in [0.15, 0.2) is 0 Å². The molecule has 0 saturated carbocycles. The number of aromatic nitrogens is 1. The van der Waals surface area contributed by atoms with Gasteiger partial charge in [-0.3, -0.25) is 0 Å². The minimum atomic E-state index is 0.774. The Balaban J connectivity index is 1.82. The van der Waals surface area contributed by atoms with Crippen molar-refractivity contribution in [3.8, 4) is 5.75 Å². The number of nitrogens with zero attached hydrogens (tertiary/aromatic N) is 1. The first-order valence-electron chi connectivity index (χ1n) is 7.62. The highest BCUT2D eigenvalue weighted by Gasteiger charge is 2.21. The monoisotopic (exact) mass is 269 g/mol. The van der Waals surface area contributed by atoms with Crippen molar-refractivity contribution in [2.75, 3.05) is 7.11 Å². The Hall–Kier alpha value is -1.70. The molecule has 2 nitrogen and oxygen atoms in total. The van der Waals surface area contributed by atoms with Gasteiger partial charge in [-0.25, -0.2) is 0 Å². The standard InChI is InChI=1S/C18H23NO/c1-3-15-5-4-6-18-17(15)11-12-19(18)13-14-7-9-16(20-2)10-8-14/h7-12,15H,3-6,13H2,1-2H3. The Bertz CT molecular complexity index is 568. The summed E-state index contributed by atoms with van der Waals surface area (Å²) >= 11 is 0. The molecule has 106 valence electrons. The van der Waals surface area contributed by atoms with Gasteiger partial charge in [0.25, 0.3) is 0 Å². The summed E-state index contributed by atoms with van der Waals surface area (Å²) in [5.41, 5.74) is 4.48. The number of methoxy groups -OCH3 is 1. The quantitative estimate of drug-likeness (QED) is 0.803. The zero-order valence-corrected chi connectivity index (χ0v) is 12.4. The first kappa shape index (κ1) is 13.3. The average Bonchev–Trinajstić information content (AvgIpc) is 2.91. The van der Waals surface area contributed by atoms with Gasteiger partial charge in [-0.2, -0.15) is 0 Å². The SMILES string of the molecule is CCC1CCCc2c1ccn2Cc1ccc(OC)cc1. The van der Waals surface area contributed by atoms with Crippen LogP contribution in [-0.4, -0.2) is 11.7 Å². The zero-order valence-electron chi connectivity index (χ0n) is 12.4. The summed E-state index contributed by atoms with van der Waals surface area (Å²) in [6.07, 6.45) is 7.45. The fourth-order valence-electron chi connectivity index (χ4n) is 3.35. The van der Waals surface area contributed by atoms with Gasteiger partial charge in [0.05, 0.1) is 7.11 Å². The zero-order chi connectivity index (χ0) is 13.9. The van der Waals surface area contributed by atoms with Gasteiger partial charge in [-0.05, 0) is 60.9 Å². The minimum absolute atomic E-state index is 0.774. The number of hydrogen-bond acceptors (Lipinski definition) is 1. The molecule has 20 heavy (non-hydrogen) atoms. The number of rotatable bonds is 4. The van der Waals surface area contributed by atoms with E-state index in [9.17, 15) is 0 Å². The van der Waals surface area contributed by atoms with E-state index in [-0.39, 0.29) is 0 Å². The van der Waals surface area contributed by atoms with Gasteiger partial charge in [-0.15, -0.1) is 0 Å². The molecule has 1 aliphatic carbocycles. The molecule has 0 N–H and O–H groups in total. The third-order valence-electron chi connectivity index (χ3n) is 4.52. The maximum atomic E-state index is 5.22. The van der Waals surface area contributed by atoms with Crippen LogP contribution in [0.5, 0.6) is 5.75 Å². The molecular weight excluding hydrogens is 246 g/mol. The Morgan fingerprint density at radius 3 is 2.70 bits per heavy atom. The molecule has 2 aromatic rings. The summed E-state index contributed by atoms with van der Waals surface area (Å²) in [7, 11) is 1.71. The van der Waals surface area contributed by atoms with E-state index < -0.39 is 0 Å². The Morgan fingerprint density at radius 2 is 2.00 bits per heavy atom. The molecule has 1 heterocycles. The molecular formula is C18H23NO. The summed E-state index contributed by atoms with van der Waals surface area (Å²) in [6, 6.07) is 10.7. The fourth-order valence-corrected chi connectivity index (χ4v) is 3.35. The van der Waals surface area contributed by atoms with Crippen LogP contribution < -0.4 is 4.74 Å². The molecule has 0 saturated heterocycles. The van der Waals surface area contributed by atoms with Gasteiger partial charge in [0.2, 0.25) is 0 Å². The third kappa shape index (κ3) is 2.47. The Kier molecular flexibility index (Phi) is 3.81. The molecule has 1 aliphatic rings. The van der Waals surface area contributed by atoms with Crippen molar-refractivity contribution in [3.63, 3.8) is 0 Å². The Morgan fingerprint density at radius 1 is 1.20 bits per heavy atom. The van der Waals surface area contributed by atoms with Crippen LogP contribution in [0.4, 0.5) is 0 Å². The van der Waals surface area contributed by atoms with E-state index in [2.05, 4.69) is 35.9 Å². The normalized spacial score (nSPS) is 17.8. The van der Waals surface area contributed by atoms with E-state index in [4.69, 9.17) is 4.74 Å². The lowest BCUT2D eigenvalue weighted by Crippen LogP contribution is -2.12. The van der Waals surface area contributed by atoms with Crippen LogP contribution in [0.1, 0.15) is 48.9 Å². The molecule has 0 fully saturated rings. The van der Waals surface area contributed by atoms with Crippen LogP contribution in [0.15, 0.2) is 36.5 Å².